The number of benzene rings is 1. The Kier molecular flexibility index (Phi) is 4.49. The summed E-state index contributed by atoms with van der Waals surface area (Å²) < 4.78 is 20.5. The zero-order chi connectivity index (χ0) is 16.5. The number of hydrogen-bond acceptors (Lipinski definition) is 3. The van der Waals surface area contributed by atoms with E-state index in [9.17, 15) is 4.39 Å². The minimum absolute atomic E-state index is 0.233. The molecule has 120 valence electrons. The number of rotatable bonds is 4. The predicted molar refractivity (Wildman–Crippen MR) is 85.0 cm³/mol. The first-order chi connectivity index (χ1) is 10.3. The van der Waals surface area contributed by atoms with Gasteiger partial charge in [-0.05, 0) is 44.7 Å². The van der Waals surface area contributed by atoms with Gasteiger partial charge in [-0.15, -0.1) is 0 Å². The van der Waals surface area contributed by atoms with Crippen LogP contribution in [0.4, 0.5) is 4.39 Å². The molecule has 0 saturated heterocycles. The molecular formula is C18H25FN2O. The molecule has 0 aliphatic carbocycles. The fraction of sp³-hybridized carbons (Fsp3) is 0.611. The molecule has 0 saturated carbocycles. The summed E-state index contributed by atoms with van der Waals surface area (Å²) in [6.07, 6.45) is 2.79. The van der Waals surface area contributed by atoms with Crippen molar-refractivity contribution in [2.75, 3.05) is 0 Å². The standard InChI is InChI=1S/C18H25FN2O/c1-5-18(6-2)10-15(21)13-7-12(9-17(3,4)11-20)8-14(19)16(13)22-18/h7-8,15H,5-6,9-10,21H2,1-4H3. The highest BCUT2D eigenvalue weighted by Gasteiger charge is 2.38. The Morgan fingerprint density at radius 3 is 2.59 bits per heavy atom. The highest BCUT2D eigenvalue weighted by molar-refractivity contribution is 5.43. The monoisotopic (exact) mass is 304 g/mol. The molecule has 0 amide bonds. The number of nitrogens with two attached hydrogens (primary N) is 1. The molecule has 0 bridgehead atoms. The second-order valence-electron chi connectivity index (χ2n) is 6.97. The first-order valence-electron chi connectivity index (χ1n) is 7.94. The van der Waals surface area contributed by atoms with Gasteiger partial charge in [0.05, 0.1) is 11.5 Å². The van der Waals surface area contributed by atoms with E-state index in [4.69, 9.17) is 15.7 Å². The normalized spacial score (nSPS) is 20.0. The molecule has 1 aliphatic heterocycles. The number of halogens is 1. The van der Waals surface area contributed by atoms with Gasteiger partial charge in [0.15, 0.2) is 11.6 Å². The van der Waals surface area contributed by atoms with Crippen LogP contribution in [0, 0.1) is 22.6 Å². The zero-order valence-corrected chi connectivity index (χ0v) is 13.9. The predicted octanol–water partition coefficient (Wildman–Crippen LogP) is 4.26. The lowest BCUT2D eigenvalue weighted by Gasteiger charge is -2.40. The second kappa shape index (κ2) is 5.89. The molecule has 1 unspecified atom stereocenters. The van der Waals surface area contributed by atoms with E-state index < -0.39 is 5.41 Å². The van der Waals surface area contributed by atoms with Crippen molar-refractivity contribution < 1.29 is 9.13 Å². The Hall–Kier alpha value is -1.60. The number of hydrogen-bond donors (Lipinski definition) is 1. The maximum Gasteiger partial charge on any atom is 0.165 e. The van der Waals surface area contributed by atoms with Crippen LogP contribution in [0.25, 0.3) is 0 Å². The number of ether oxygens (including phenoxy) is 1. The highest BCUT2D eigenvalue weighted by atomic mass is 19.1. The van der Waals surface area contributed by atoms with Gasteiger partial charge in [-0.2, -0.15) is 5.26 Å². The van der Waals surface area contributed by atoms with E-state index in [2.05, 4.69) is 6.07 Å². The van der Waals surface area contributed by atoms with E-state index in [1.54, 1.807) is 0 Å². The molecule has 1 aromatic carbocycles. The second-order valence-corrected chi connectivity index (χ2v) is 6.97. The third-order valence-corrected chi connectivity index (χ3v) is 4.68. The van der Waals surface area contributed by atoms with Crippen LogP contribution in [0.3, 0.4) is 0 Å². The number of fused-ring (bicyclic) bond motifs is 1. The van der Waals surface area contributed by atoms with Crippen molar-refractivity contribution in [1.82, 2.24) is 0 Å². The first kappa shape index (κ1) is 16.8. The van der Waals surface area contributed by atoms with Crippen molar-refractivity contribution in [2.45, 2.75) is 65.0 Å². The third-order valence-electron chi connectivity index (χ3n) is 4.68. The molecule has 4 heteroatoms. The molecule has 2 N–H and O–H groups in total. The molecule has 0 spiro atoms. The molecule has 0 fully saturated rings. The Labute approximate surface area is 132 Å². The average molecular weight is 304 g/mol. The fourth-order valence-electron chi connectivity index (χ4n) is 3.16. The molecule has 22 heavy (non-hydrogen) atoms. The maximum atomic E-state index is 14.5. The summed E-state index contributed by atoms with van der Waals surface area (Å²) in [7, 11) is 0. The van der Waals surface area contributed by atoms with Gasteiger partial charge in [-0.1, -0.05) is 19.9 Å². The average Bonchev–Trinajstić information content (AvgIpc) is 2.48. The molecule has 0 radical (unpaired) electrons. The summed E-state index contributed by atoms with van der Waals surface area (Å²) in [6.45, 7) is 7.78. The summed E-state index contributed by atoms with van der Waals surface area (Å²) in [5, 5.41) is 9.15. The lowest BCUT2D eigenvalue weighted by molar-refractivity contribution is 0.0238. The zero-order valence-electron chi connectivity index (χ0n) is 13.9. The molecule has 1 aliphatic rings. The Morgan fingerprint density at radius 2 is 2.05 bits per heavy atom. The fourth-order valence-corrected chi connectivity index (χ4v) is 3.16. The lowest BCUT2D eigenvalue weighted by Crippen LogP contribution is -2.42. The minimum atomic E-state index is -0.531. The first-order valence-corrected chi connectivity index (χ1v) is 7.94. The molecule has 0 aromatic heterocycles. The largest absolute Gasteiger partial charge is 0.484 e. The summed E-state index contributed by atoms with van der Waals surface area (Å²) in [5.74, 6) is -0.0800. The van der Waals surface area contributed by atoms with Crippen molar-refractivity contribution in [1.29, 1.82) is 5.26 Å². The van der Waals surface area contributed by atoms with E-state index in [-0.39, 0.29) is 17.5 Å². The van der Waals surface area contributed by atoms with Crippen molar-refractivity contribution in [2.24, 2.45) is 11.1 Å². The van der Waals surface area contributed by atoms with Crippen LogP contribution in [-0.4, -0.2) is 5.60 Å². The molecule has 2 rings (SSSR count). The molecular weight excluding hydrogens is 279 g/mol. The van der Waals surface area contributed by atoms with Gasteiger partial charge in [0.2, 0.25) is 0 Å². The molecule has 1 aromatic rings. The Balaban J connectivity index is 2.42. The molecule has 3 nitrogen and oxygen atoms in total. The van der Waals surface area contributed by atoms with Crippen LogP contribution in [0.15, 0.2) is 12.1 Å². The van der Waals surface area contributed by atoms with Crippen LogP contribution < -0.4 is 10.5 Å². The minimum Gasteiger partial charge on any atom is -0.484 e. The van der Waals surface area contributed by atoms with Gasteiger partial charge >= 0.3 is 0 Å². The van der Waals surface area contributed by atoms with Crippen LogP contribution in [0.5, 0.6) is 5.75 Å². The van der Waals surface area contributed by atoms with Gasteiger partial charge < -0.3 is 10.5 Å². The van der Waals surface area contributed by atoms with E-state index in [0.29, 0.717) is 18.6 Å². The van der Waals surface area contributed by atoms with E-state index in [1.807, 2.05) is 33.8 Å². The van der Waals surface area contributed by atoms with Crippen molar-refractivity contribution in [3.05, 3.63) is 29.1 Å². The van der Waals surface area contributed by atoms with Crippen molar-refractivity contribution in [3.8, 4) is 11.8 Å². The quantitative estimate of drug-likeness (QED) is 0.904. The lowest BCUT2D eigenvalue weighted by atomic mass is 9.81. The van der Waals surface area contributed by atoms with Gasteiger partial charge in [0.1, 0.15) is 5.60 Å². The third kappa shape index (κ3) is 3.10. The van der Waals surface area contributed by atoms with E-state index in [1.165, 1.54) is 6.07 Å². The van der Waals surface area contributed by atoms with E-state index >= 15 is 0 Å². The van der Waals surface area contributed by atoms with Gasteiger partial charge in [-0.3, -0.25) is 0 Å². The Bertz CT molecular complexity index is 600. The smallest absolute Gasteiger partial charge is 0.165 e. The summed E-state index contributed by atoms with van der Waals surface area (Å²) in [6, 6.07) is 5.39. The van der Waals surface area contributed by atoms with Crippen LogP contribution in [-0.2, 0) is 6.42 Å². The van der Waals surface area contributed by atoms with E-state index in [0.717, 1.165) is 24.0 Å². The SMILES string of the molecule is CCC1(CC)CC(N)c2cc(CC(C)(C)C#N)cc(F)c2O1. The van der Waals surface area contributed by atoms with Crippen LogP contribution in [0.2, 0.25) is 0 Å². The number of nitrogens with zero attached hydrogens (tertiary/aromatic N) is 1. The van der Waals surface area contributed by atoms with Gasteiger partial charge in [-0.25, -0.2) is 4.39 Å². The van der Waals surface area contributed by atoms with Crippen molar-refractivity contribution in [3.63, 3.8) is 0 Å². The van der Waals surface area contributed by atoms with Gasteiger partial charge in [0.25, 0.3) is 0 Å². The summed E-state index contributed by atoms with van der Waals surface area (Å²) in [5.41, 5.74) is 6.91. The molecule has 1 atom stereocenters. The summed E-state index contributed by atoms with van der Waals surface area (Å²) in [4.78, 5) is 0. The topological polar surface area (TPSA) is 59.0 Å². The highest BCUT2D eigenvalue weighted by Crippen LogP contribution is 2.43. The molecule has 1 heterocycles. The van der Waals surface area contributed by atoms with Crippen molar-refractivity contribution >= 4 is 0 Å². The van der Waals surface area contributed by atoms with Crippen LogP contribution in [0.1, 0.15) is 64.1 Å². The number of nitriles is 1. The Morgan fingerprint density at radius 1 is 1.41 bits per heavy atom. The van der Waals surface area contributed by atoms with Gasteiger partial charge in [0, 0.05) is 18.0 Å². The maximum absolute atomic E-state index is 14.5. The summed E-state index contributed by atoms with van der Waals surface area (Å²) >= 11 is 0. The van der Waals surface area contributed by atoms with Crippen LogP contribution >= 0.6 is 0 Å².